The van der Waals surface area contributed by atoms with Gasteiger partial charge in [0.05, 0.1) is 12.0 Å². The summed E-state index contributed by atoms with van der Waals surface area (Å²) >= 11 is 0. The lowest BCUT2D eigenvalue weighted by molar-refractivity contribution is -0.384. The molecule has 6 nitrogen and oxygen atoms in total. The van der Waals surface area contributed by atoms with Crippen LogP contribution >= 0.6 is 0 Å². The Morgan fingerprint density at radius 3 is 2.18 bits per heavy atom. The fraction of sp³-hybridized carbons (Fsp3) is 0.357. The van der Waals surface area contributed by atoms with E-state index in [1.54, 1.807) is 19.2 Å². The Morgan fingerprint density at radius 2 is 1.62 bits per heavy atom. The summed E-state index contributed by atoms with van der Waals surface area (Å²) in [6, 6.07) is 27.0. The molecule has 2 bridgehead atoms. The van der Waals surface area contributed by atoms with Crippen LogP contribution in [0, 0.1) is 16.0 Å². The maximum Gasteiger partial charge on any atom is 0.270 e. The van der Waals surface area contributed by atoms with Gasteiger partial charge in [0.1, 0.15) is 5.75 Å². The van der Waals surface area contributed by atoms with Gasteiger partial charge in [-0.15, -0.1) is 0 Å². The molecule has 34 heavy (non-hydrogen) atoms. The van der Waals surface area contributed by atoms with Crippen LogP contribution in [0.2, 0.25) is 0 Å². The largest absolute Gasteiger partial charge is 0.496 e. The minimum absolute atomic E-state index is 0.0921. The normalized spacial score (nSPS) is 23.7. The molecule has 0 aromatic heterocycles. The van der Waals surface area contributed by atoms with Gasteiger partial charge in [-0.1, -0.05) is 60.7 Å². The van der Waals surface area contributed by atoms with Gasteiger partial charge in [-0.3, -0.25) is 15.0 Å². The Balaban J connectivity index is 1.49. The summed E-state index contributed by atoms with van der Waals surface area (Å²) in [4.78, 5) is 13.7. The van der Waals surface area contributed by atoms with Crippen molar-refractivity contribution in [1.82, 2.24) is 10.2 Å². The topological polar surface area (TPSA) is 67.6 Å². The van der Waals surface area contributed by atoms with Crippen LogP contribution in [0.15, 0.2) is 78.9 Å². The lowest BCUT2D eigenvalue weighted by Gasteiger charge is -2.54. The first kappa shape index (κ1) is 22.6. The number of methoxy groups -OCH3 is 1. The van der Waals surface area contributed by atoms with E-state index in [2.05, 4.69) is 70.9 Å². The molecule has 0 amide bonds. The van der Waals surface area contributed by atoms with Gasteiger partial charge in [0.25, 0.3) is 5.69 Å². The first-order valence-electron chi connectivity index (χ1n) is 12.0. The minimum atomic E-state index is -0.346. The van der Waals surface area contributed by atoms with Crippen LogP contribution in [0.4, 0.5) is 5.69 Å². The number of nitrogens with zero attached hydrogens (tertiary/aromatic N) is 2. The lowest BCUT2D eigenvalue weighted by Crippen LogP contribution is -2.64. The Hall–Kier alpha value is -3.22. The lowest BCUT2D eigenvalue weighted by atomic mass is 9.70. The standard InChI is InChI=1S/C28H31N3O3/c1-34-25-13-12-24(31(32)33)18-23(25)19-29-27-22-14-16-30(17-15-22)28(27)26(20-8-4-2-5-9-20)21-10-6-3-7-11-21/h2-13,18,22,26-29H,14-17,19H2,1H3. The van der Waals surface area contributed by atoms with Gasteiger partial charge in [0, 0.05) is 42.2 Å². The predicted molar refractivity (Wildman–Crippen MR) is 133 cm³/mol. The third kappa shape index (κ3) is 4.43. The summed E-state index contributed by atoms with van der Waals surface area (Å²) in [5.41, 5.74) is 3.56. The van der Waals surface area contributed by atoms with Gasteiger partial charge < -0.3 is 10.1 Å². The van der Waals surface area contributed by atoms with Gasteiger partial charge in [-0.2, -0.15) is 0 Å². The summed E-state index contributed by atoms with van der Waals surface area (Å²) in [6.07, 6.45) is 2.35. The molecule has 0 aliphatic carbocycles. The van der Waals surface area contributed by atoms with Crippen LogP contribution in [0.5, 0.6) is 5.75 Å². The van der Waals surface area contributed by atoms with Gasteiger partial charge in [-0.05, 0) is 49.0 Å². The maximum absolute atomic E-state index is 11.4. The molecule has 2 atom stereocenters. The second kappa shape index (κ2) is 9.95. The molecular weight excluding hydrogens is 426 g/mol. The Kier molecular flexibility index (Phi) is 6.61. The number of fused-ring (bicyclic) bond motifs is 3. The highest BCUT2D eigenvalue weighted by Gasteiger charge is 2.46. The van der Waals surface area contributed by atoms with Crippen LogP contribution in [0.1, 0.15) is 35.4 Å². The van der Waals surface area contributed by atoms with E-state index in [4.69, 9.17) is 4.74 Å². The molecule has 1 N–H and O–H groups in total. The molecule has 3 heterocycles. The molecule has 3 aliphatic heterocycles. The zero-order valence-corrected chi connectivity index (χ0v) is 19.5. The zero-order chi connectivity index (χ0) is 23.5. The number of piperidine rings is 3. The first-order valence-corrected chi connectivity index (χ1v) is 12.0. The Labute approximate surface area is 200 Å². The molecule has 3 saturated heterocycles. The van der Waals surface area contributed by atoms with Crippen molar-refractivity contribution in [3.8, 4) is 5.75 Å². The number of ether oxygens (including phenoxy) is 1. The second-order valence-electron chi connectivity index (χ2n) is 9.32. The highest BCUT2D eigenvalue weighted by atomic mass is 16.6. The summed E-state index contributed by atoms with van der Waals surface area (Å²) in [5.74, 6) is 1.50. The van der Waals surface area contributed by atoms with Crippen LogP contribution in [0.3, 0.4) is 0 Å². The van der Waals surface area contributed by atoms with E-state index < -0.39 is 0 Å². The second-order valence-corrected chi connectivity index (χ2v) is 9.32. The van der Waals surface area contributed by atoms with Crippen LogP contribution < -0.4 is 10.1 Å². The highest BCUT2D eigenvalue weighted by Crippen LogP contribution is 2.42. The summed E-state index contributed by atoms with van der Waals surface area (Å²) in [5, 5.41) is 15.2. The summed E-state index contributed by atoms with van der Waals surface area (Å²) < 4.78 is 5.52. The van der Waals surface area contributed by atoms with Gasteiger partial charge >= 0.3 is 0 Å². The van der Waals surface area contributed by atoms with Crippen molar-refractivity contribution in [3.05, 3.63) is 106 Å². The van der Waals surface area contributed by atoms with E-state index in [0.29, 0.717) is 24.3 Å². The van der Waals surface area contributed by atoms with Crippen molar-refractivity contribution in [3.63, 3.8) is 0 Å². The van der Waals surface area contributed by atoms with Crippen LogP contribution in [-0.4, -0.2) is 42.1 Å². The third-order valence-electron chi connectivity index (χ3n) is 7.53. The predicted octanol–water partition coefficient (Wildman–Crippen LogP) is 4.99. The Morgan fingerprint density at radius 1 is 1.00 bits per heavy atom. The molecule has 176 valence electrons. The zero-order valence-electron chi connectivity index (χ0n) is 19.5. The SMILES string of the molecule is COc1ccc([N+](=O)[O-])cc1CNC1C2CCN(CC2)C1C(c1ccccc1)c1ccccc1. The highest BCUT2D eigenvalue weighted by molar-refractivity contribution is 5.44. The third-order valence-corrected chi connectivity index (χ3v) is 7.53. The quantitative estimate of drug-likeness (QED) is 0.381. The van der Waals surface area contributed by atoms with Crippen LogP contribution in [-0.2, 0) is 6.54 Å². The van der Waals surface area contributed by atoms with Crippen molar-refractivity contribution < 1.29 is 9.66 Å². The molecular formula is C28H31N3O3. The van der Waals surface area contributed by atoms with E-state index in [0.717, 1.165) is 18.7 Å². The molecule has 3 aromatic carbocycles. The van der Waals surface area contributed by atoms with Crippen molar-refractivity contribution in [2.75, 3.05) is 20.2 Å². The molecule has 0 radical (unpaired) electrons. The number of non-ortho nitro benzene ring substituents is 1. The number of hydrogen-bond acceptors (Lipinski definition) is 5. The molecule has 6 heteroatoms. The van der Waals surface area contributed by atoms with E-state index in [1.807, 2.05) is 0 Å². The average Bonchev–Trinajstić information content (AvgIpc) is 2.89. The molecule has 0 saturated carbocycles. The van der Waals surface area contributed by atoms with E-state index in [9.17, 15) is 10.1 Å². The number of nitrogens with one attached hydrogen (secondary N) is 1. The molecule has 2 unspecified atom stereocenters. The maximum atomic E-state index is 11.4. The number of hydrogen-bond donors (Lipinski definition) is 1. The van der Waals surface area contributed by atoms with Gasteiger partial charge in [0.15, 0.2) is 0 Å². The van der Waals surface area contributed by atoms with Gasteiger partial charge in [0.2, 0.25) is 0 Å². The molecule has 3 aliphatic rings. The first-order chi connectivity index (χ1) is 16.7. The van der Waals surface area contributed by atoms with E-state index in [1.165, 1.54) is 30.0 Å². The van der Waals surface area contributed by atoms with Crippen molar-refractivity contribution >= 4 is 5.69 Å². The van der Waals surface area contributed by atoms with Crippen molar-refractivity contribution in [2.45, 2.75) is 37.4 Å². The molecule has 6 rings (SSSR count). The van der Waals surface area contributed by atoms with E-state index >= 15 is 0 Å². The Bertz CT molecular complexity index is 1070. The number of benzene rings is 3. The fourth-order valence-electron chi connectivity index (χ4n) is 5.94. The smallest absolute Gasteiger partial charge is 0.270 e. The monoisotopic (exact) mass is 457 g/mol. The minimum Gasteiger partial charge on any atom is -0.496 e. The molecule has 3 aromatic rings. The number of nitro benzene ring substituents is 1. The van der Waals surface area contributed by atoms with E-state index in [-0.39, 0.29) is 22.6 Å². The summed E-state index contributed by atoms with van der Waals surface area (Å²) in [7, 11) is 1.61. The fourth-order valence-corrected chi connectivity index (χ4v) is 5.94. The van der Waals surface area contributed by atoms with Gasteiger partial charge in [-0.25, -0.2) is 0 Å². The summed E-state index contributed by atoms with van der Waals surface area (Å²) in [6.45, 7) is 2.76. The number of rotatable bonds is 8. The van der Waals surface area contributed by atoms with Crippen LogP contribution in [0.25, 0.3) is 0 Å². The molecule has 3 fully saturated rings. The number of nitro groups is 1. The van der Waals surface area contributed by atoms with Crippen molar-refractivity contribution in [1.29, 1.82) is 0 Å². The molecule has 0 spiro atoms. The van der Waals surface area contributed by atoms with Crippen molar-refractivity contribution in [2.24, 2.45) is 5.92 Å². The average molecular weight is 458 g/mol.